The number of benzene rings is 1. The number of pyridine rings is 1. The summed E-state index contributed by atoms with van der Waals surface area (Å²) in [4.78, 5) is 29.2. The van der Waals surface area contributed by atoms with E-state index in [0.29, 0.717) is 0 Å². The molecule has 1 atom stereocenters. The fourth-order valence-corrected chi connectivity index (χ4v) is 4.25. The zero-order valence-corrected chi connectivity index (χ0v) is 20.3. The molecule has 1 aromatic carbocycles. The average molecular weight is 539 g/mol. The van der Waals surface area contributed by atoms with Gasteiger partial charge in [-0.25, -0.2) is 4.98 Å². The van der Waals surface area contributed by atoms with Crippen LogP contribution in [0.3, 0.4) is 0 Å². The molecule has 2 aromatic rings. The largest absolute Gasteiger partial charge is 0.455 e. The van der Waals surface area contributed by atoms with Crippen LogP contribution < -0.4 is 15.4 Å². The monoisotopic (exact) mass is 539 g/mol. The van der Waals surface area contributed by atoms with E-state index >= 15 is 0 Å². The lowest BCUT2D eigenvalue weighted by atomic mass is 10.0. The van der Waals surface area contributed by atoms with Gasteiger partial charge in [-0.05, 0) is 39.0 Å². The summed E-state index contributed by atoms with van der Waals surface area (Å²) in [5.41, 5.74) is -1.07. The third kappa shape index (κ3) is 7.93. The van der Waals surface area contributed by atoms with Crippen LogP contribution in [0.25, 0.3) is 0 Å². The number of anilines is 1. The van der Waals surface area contributed by atoms with Gasteiger partial charge in [0, 0.05) is 34.4 Å². The first-order valence-electron chi connectivity index (χ1n) is 10.2. The van der Waals surface area contributed by atoms with Crippen molar-refractivity contribution in [3.05, 3.63) is 53.2 Å². The summed E-state index contributed by atoms with van der Waals surface area (Å²) < 4.78 is 92.0. The summed E-state index contributed by atoms with van der Waals surface area (Å²) in [7, 11) is -1.20. The number of nitrogens with one attached hydrogen (secondary N) is 2. The second-order valence-electron chi connectivity index (χ2n) is 8.42. The van der Waals surface area contributed by atoms with Gasteiger partial charge in [-0.3, -0.25) is 13.8 Å². The minimum atomic E-state index is -5.72. The second-order valence-corrected chi connectivity index (χ2v) is 9.85. The number of aryl methyl sites for hydroxylation is 1. The molecule has 0 saturated heterocycles. The first kappa shape index (κ1) is 29.1. The van der Waals surface area contributed by atoms with E-state index in [-0.39, 0.29) is 28.3 Å². The molecule has 2 N–H and O–H groups in total. The van der Waals surface area contributed by atoms with Gasteiger partial charge in [0.15, 0.2) is 0 Å². The van der Waals surface area contributed by atoms with E-state index in [1.165, 1.54) is 37.4 Å². The van der Waals surface area contributed by atoms with Crippen molar-refractivity contribution in [1.29, 1.82) is 0 Å². The number of ether oxygens (including phenoxy) is 1. The van der Waals surface area contributed by atoms with Crippen molar-refractivity contribution in [1.82, 2.24) is 10.3 Å². The normalized spacial score (nSPS) is 13.3. The maximum absolute atomic E-state index is 12.9. The maximum Gasteiger partial charge on any atom is 0.434 e. The van der Waals surface area contributed by atoms with Crippen molar-refractivity contribution in [2.45, 2.75) is 44.8 Å². The van der Waals surface area contributed by atoms with Crippen molar-refractivity contribution in [2.24, 2.45) is 0 Å². The molecule has 1 unspecified atom stereocenters. The Bertz CT molecular complexity index is 1140. The highest BCUT2D eigenvalue weighted by Gasteiger charge is 2.59. The highest BCUT2D eigenvalue weighted by Crippen LogP contribution is 2.36. The van der Waals surface area contributed by atoms with Crippen LogP contribution in [-0.4, -0.2) is 57.0 Å². The molecule has 1 aromatic heterocycles. The molecule has 0 aliphatic carbocycles. The number of aromatic nitrogens is 1. The van der Waals surface area contributed by atoms with E-state index in [4.69, 9.17) is 0 Å². The van der Waals surface area contributed by atoms with E-state index in [0.717, 1.165) is 12.1 Å². The number of carbonyl (C=O) groups is 2. The topological polar surface area (TPSA) is 97.4 Å². The summed E-state index contributed by atoms with van der Waals surface area (Å²) in [5, 5.41) is 5.13. The third-order valence-electron chi connectivity index (χ3n) is 4.57. The minimum Gasteiger partial charge on any atom is -0.455 e. The Morgan fingerprint density at radius 2 is 1.50 bits per heavy atom. The molecule has 2 amide bonds. The van der Waals surface area contributed by atoms with Gasteiger partial charge in [0.05, 0.1) is 22.5 Å². The smallest absolute Gasteiger partial charge is 0.434 e. The van der Waals surface area contributed by atoms with E-state index in [1.54, 1.807) is 13.8 Å². The standard InChI is InChI=1S/C22H23F6N3O4S/c1-12-15(9-10-16(29-12)35-19(21(23,24)25)22(26,27)28)30-17(32)13-7-5-6-8-14(13)18(33)31-20(2,3)11-36(4)34/h5-10,19H,11H2,1-4H3,(H,30,32)(H,31,33). The van der Waals surface area contributed by atoms with Crippen molar-refractivity contribution in [3.63, 3.8) is 0 Å². The number of alkyl halides is 6. The van der Waals surface area contributed by atoms with Crippen LogP contribution in [0.2, 0.25) is 0 Å². The van der Waals surface area contributed by atoms with E-state index < -0.39 is 52.5 Å². The van der Waals surface area contributed by atoms with Crippen LogP contribution in [-0.2, 0) is 10.8 Å². The Labute approximate surface area is 205 Å². The van der Waals surface area contributed by atoms with Crippen LogP contribution >= 0.6 is 0 Å². The minimum absolute atomic E-state index is 0.00581. The van der Waals surface area contributed by atoms with Crippen molar-refractivity contribution in [2.75, 3.05) is 17.3 Å². The number of rotatable bonds is 8. The van der Waals surface area contributed by atoms with E-state index in [2.05, 4.69) is 20.4 Å². The average Bonchev–Trinajstić information content (AvgIpc) is 2.70. The van der Waals surface area contributed by atoms with Gasteiger partial charge in [0.2, 0.25) is 5.88 Å². The molecule has 0 fully saturated rings. The molecule has 0 spiro atoms. The van der Waals surface area contributed by atoms with Gasteiger partial charge in [-0.2, -0.15) is 26.3 Å². The number of nitrogens with zero attached hydrogens (tertiary/aromatic N) is 1. The Morgan fingerprint density at radius 1 is 0.972 bits per heavy atom. The molecule has 0 aliphatic rings. The Morgan fingerprint density at radius 3 is 1.97 bits per heavy atom. The summed E-state index contributed by atoms with van der Waals surface area (Å²) in [6, 6.07) is 7.54. The van der Waals surface area contributed by atoms with Crippen LogP contribution in [0.4, 0.5) is 32.0 Å². The van der Waals surface area contributed by atoms with E-state index in [1.807, 2.05) is 0 Å². The molecule has 198 valence electrons. The van der Waals surface area contributed by atoms with Gasteiger partial charge in [0.1, 0.15) is 0 Å². The predicted molar refractivity (Wildman–Crippen MR) is 120 cm³/mol. The van der Waals surface area contributed by atoms with Crippen LogP contribution in [0.1, 0.15) is 40.3 Å². The maximum atomic E-state index is 12.9. The molecule has 14 heteroatoms. The van der Waals surface area contributed by atoms with Gasteiger partial charge >= 0.3 is 12.4 Å². The molecule has 7 nitrogen and oxygen atoms in total. The second kappa shape index (κ2) is 10.8. The number of hydrogen-bond donors (Lipinski definition) is 2. The summed E-state index contributed by atoms with van der Waals surface area (Å²) in [6.45, 7) is 4.57. The zero-order chi connectivity index (χ0) is 27.5. The summed E-state index contributed by atoms with van der Waals surface area (Å²) in [5.74, 6) is -2.17. The number of halogens is 6. The first-order valence-corrected chi connectivity index (χ1v) is 11.9. The fraction of sp³-hybridized carbons (Fsp3) is 0.409. The van der Waals surface area contributed by atoms with Crippen molar-refractivity contribution in [3.8, 4) is 5.88 Å². The molecule has 0 aliphatic heterocycles. The fourth-order valence-electron chi connectivity index (χ4n) is 3.16. The third-order valence-corrected chi connectivity index (χ3v) is 5.70. The first-order chi connectivity index (χ1) is 16.4. The van der Waals surface area contributed by atoms with Crippen molar-refractivity contribution >= 4 is 28.3 Å². The Kier molecular flexibility index (Phi) is 8.76. The van der Waals surface area contributed by atoms with Gasteiger partial charge in [-0.15, -0.1) is 0 Å². The molecule has 1 heterocycles. The Balaban J connectivity index is 2.24. The van der Waals surface area contributed by atoms with Crippen LogP contribution in [0.15, 0.2) is 36.4 Å². The summed E-state index contributed by atoms with van der Waals surface area (Å²) in [6.07, 6.45) is -14.0. The molecule has 36 heavy (non-hydrogen) atoms. The van der Waals surface area contributed by atoms with Gasteiger partial charge < -0.3 is 15.4 Å². The van der Waals surface area contributed by atoms with Crippen molar-refractivity contribution < 1.29 is 44.9 Å². The molecule has 0 bridgehead atoms. The van der Waals surface area contributed by atoms with Gasteiger partial charge in [0.25, 0.3) is 17.9 Å². The summed E-state index contributed by atoms with van der Waals surface area (Å²) >= 11 is 0. The number of hydrogen-bond acceptors (Lipinski definition) is 5. The molecular weight excluding hydrogens is 516 g/mol. The lowest BCUT2D eigenvalue weighted by molar-refractivity contribution is -0.300. The molecule has 2 rings (SSSR count). The number of amides is 2. The highest BCUT2D eigenvalue weighted by atomic mass is 32.2. The highest BCUT2D eigenvalue weighted by molar-refractivity contribution is 7.84. The SMILES string of the molecule is Cc1nc(OC(C(F)(F)F)C(F)(F)F)ccc1NC(=O)c1ccccc1C(=O)NC(C)(C)CS(C)=O. The quantitative estimate of drug-likeness (QED) is 0.485. The zero-order valence-electron chi connectivity index (χ0n) is 19.5. The van der Waals surface area contributed by atoms with E-state index in [9.17, 15) is 40.1 Å². The number of carbonyl (C=O) groups excluding carboxylic acids is 2. The molecular formula is C22H23F6N3O4S. The lowest BCUT2D eigenvalue weighted by Gasteiger charge is -2.25. The Hall–Kier alpha value is -3.16. The lowest BCUT2D eigenvalue weighted by Crippen LogP contribution is -2.47. The van der Waals surface area contributed by atoms with Crippen LogP contribution in [0, 0.1) is 6.92 Å². The van der Waals surface area contributed by atoms with Crippen LogP contribution in [0.5, 0.6) is 5.88 Å². The molecule has 0 radical (unpaired) electrons. The predicted octanol–water partition coefficient (Wildman–Crippen LogP) is 4.40. The van der Waals surface area contributed by atoms with Gasteiger partial charge in [-0.1, -0.05) is 12.1 Å². The molecule has 0 saturated carbocycles.